The standard InChI is InChI=1S/C19H25N3O5S/c1-25-17-10-19-18(26-6-2-7-27-19)9-15(17)16-11-20-13-22(16)5-4-21-14-3-8-28(23,24)12-14/h9-11,13-14,21H,2-8,12H2,1H3. The first-order valence-corrected chi connectivity index (χ1v) is 11.3. The third-order valence-corrected chi connectivity index (χ3v) is 6.84. The van der Waals surface area contributed by atoms with Gasteiger partial charge in [-0.15, -0.1) is 0 Å². The molecule has 1 atom stereocenters. The van der Waals surface area contributed by atoms with Gasteiger partial charge in [-0.25, -0.2) is 13.4 Å². The Bertz CT molecular complexity index is 941. The Morgan fingerprint density at radius 1 is 1.29 bits per heavy atom. The van der Waals surface area contributed by atoms with E-state index >= 15 is 0 Å². The van der Waals surface area contributed by atoms with Crippen molar-refractivity contribution in [2.45, 2.75) is 25.4 Å². The van der Waals surface area contributed by atoms with Crippen molar-refractivity contribution in [3.8, 4) is 28.5 Å². The number of rotatable bonds is 6. The predicted octanol–water partition coefficient (Wildman–Crippen LogP) is 1.50. The number of nitrogens with one attached hydrogen (secondary N) is 1. The lowest BCUT2D eigenvalue weighted by atomic mass is 10.1. The molecule has 2 aliphatic rings. The van der Waals surface area contributed by atoms with Crippen molar-refractivity contribution in [1.29, 1.82) is 0 Å². The van der Waals surface area contributed by atoms with Gasteiger partial charge in [0.05, 0.1) is 50.0 Å². The molecule has 0 radical (unpaired) electrons. The monoisotopic (exact) mass is 407 g/mol. The number of ether oxygens (including phenoxy) is 3. The van der Waals surface area contributed by atoms with Gasteiger partial charge in [0.2, 0.25) is 0 Å². The van der Waals surface area contributed by atoms with Gasteiger partial charge in [-0.1, -0.05) is 0 Å². The second-order valence-corrected chi connectivity index (χ2v) is 9.30. The molecule has 2 aromatic rings. The fourth-order valence-electron chi connectivity index (χ4n) is 3.63. The fraction of sp³-hybridized carbons (Fsp3) is 0.526. The Morgan fingerprint density at radius 2 is 2.07 bits per heavy atom. The van der Waals surface area contributed by atoms with Crippen LogP contribution < -0.4 is 19.5 Å². The second-order valence-electron chi connectivity index (χ2n) is 7.08. The van der Waals surface area contributed by atoms with Gasteiger partial charge in [-0.3, -0.25) is 0 Å². The zero-order chi connectivity index (χ0) is 19.6. The van der Waals surface area contributed by atoms with Crippen LogP contribution in [0.25, 0.3) is 11.3 Å². The molecule has 0 amide bonds. The molecule has 28 heavy (non-hydrogen) atoms. The molecule has 0 bridgehead atoms. The second kappa shape index (κ2) is 8.00. The molecule has 2 aliphatic heterocycles. The molecule has 1 unspecified atom stereocenters. The van der Waals surface area contributed by atoms with E-state index in [-0.39, 0.29) is 17.5 Å². The van der Waals surface area contributed by atoms with Crippen LogP contribution in [0.15, 0.2) is 24.7 Å². The summed E-state index contributed by atoms with van der Waals surface area (Å²) >= 11 is 0. The number of hydrogen-bond acceptors (Lipinski definition) is 7. The zero-order valence-corrected chi connectivity index (χ0v) is 16.7. The van der Waals surface area contributed by atoms with E-state index in [2.05, 4.69) is 10.3 Å². The SMILES string of the molecule is COc1cc2c(cc1-c1cncn1CCNC1CCS(=O)(=O)C1)OCCCO2. The van der Waals surface area contributed by atoms with Crippen molar-refractivity contribution in [2.24, 2.45) is 0 Å². The van der Waals surface area contributed by atoms with E-state index in [1.54, 1.807) is 19.6 Å². The molecule has 8 nitrogen and oxygen atoms in total. The van der Waals surface area contributed by atoms with Gasteiger partial charge in [0, 0.05) is 37.2 Å². The Kier molecular flexibility index (Phi) is 5.45. The quantitative estimate of drug-likeness (QED) is 0.776. The topological polar surface area (TPSA) is 91.7 Å². The van der Waals surface area contributed by atoms with E-state index in [9.17, 15) is 8.42 Å². The van der Waals surface area contributed by atoms with Crippen molar-refractivity contribution >= 4 is 9.84 Å². The molecule has 1 saturated heterocycles. The Labute approximate surface area is 164 Å². The summed E-state index contributed by atoms with van der Waals surface area (Å²) in [5.41, 5.74) is 1.79. The van der Waals surface area contributed by atoms with Crippen molar-refractivity contribution < 1.29 is 22.6 Å². The van der Waals surface area contributed by atoms with Crippen LogP contribution in [0.3, 0.4) is 0 Å². The minimum atomic E-state index is -2.88. The van der Waals surface area contributed by atoms with E-state index in [1.165, 1.54) is 0 Å². The van der Waals surface area contributed by atoms with Crippen molar-refractivity contribution in [3.63, 3.8) is 0 Å². The first kappa shape index (κ1) is 19.1. The fourth-order valence-corrected chi connectivity index (χ4v) is 5.34. The van der Waals surface area contributed by atoms with Crippen molar-refractivity contribution in [2.75, 3.05) is 38.4 Å². The molecule has 9 heteroatoms. The third-order valence-electron chi connectivity index (χ3n) is 5.08. The largest absolute Gasteiger partial charge is 0.496 e. The molecule has 152 valence electrons. The van der Waals surface area contributed by atoms with Gasteiger partial charge in [0.15, 0.2) is 21.3 Å². The molecular formula is C19H25N3O5S. The van der Waals surface area contributed by atoms with Crippen LogP contribution in [-0.2, 0) is 16.4 Å². The van der Waals surface area contributed by atoms with Gasteiger partial charge in [0.25, 0.3) is 0 Å². The van der Waals surface area contributed by atoms with Crippen LogP contribution in [0.2, 0.25) is 0 Å². The zero-order valence-electron chi connectivity index (χ0n) is 15.9. The number of benzene rings is 1. The maximum absolute atomic E-state index is 11.6. The number of fused-ring (bicyclic) bond motifs is 1. The average molecular weight is 407 g/mol. The van der Waals surface area contributed by atoms with E-state index in [1.807, 2.05) is 16.7 Å². The lowest BCUT2D eigenvalue weighted by Crippen LogP contribution is -2.32. The van der Waals surface area contributed by atoms with E-state index in [0.717, 1.165) is 17.7 Å². The van der Waals surface area contributed by atoms with Crippen LogP contribution in [-0.4, -0.2) is 62.4 Å². The van der Waals surface area contributed by atoms with Crippen molar-refractivity contribution in [3.05, 3.63) is 24.7 Å². The first-order valence-electron chi connectivity index (χ1n) is 9.48. The highest BCUT2D eigenvalue weighted by molar-refractivity contribution is 7.91. The summed E-state index contributed by atoms with van der Waals surface area (Å²) in [5, 5.41) is 3.34. The molecule has 0 spiro atoms. The van der Waals surface area contributed by atoms with Crippen LogP contribution >= 0.6 is 0 Å². The lowest BCUT2D eigenvalue weighted by Gasteiger charge is -2.16. The maximum Gasteiger partial charge on any atom is 0.164 e. The number of imidazole rings is 1. The van der Waals surface area contributed by atoms with Gasteiger partial charge in [0.1, 0.15) is 5.75 Å². The highest BCUT2D eigenvalue weighted by Crippen LogP contribution is 2.41. The number of methoxy groups -OCH3 is 1. The molecule has 1 aromatic carbocycles. The summed E-state index contributed by atoms with van der Waals surface area (Å²) in [6.45, 7) is 2.57. The molecule has 1 N–H and O–H groups in total. The summed E-state index contributed by atoms with van der Waals surface area (Å²) in [4.78, 5) is 4.29. The normalized spacial score (nSPS) is 20.7. The third kappa shape index (κ3) is 4.10. The Balaban J connectivity index is 1.51. The highest BCUT2D eigenvalue weighted by Gasteiger charge is 2.27. The molecular weight excluding hydrogens is 382 g/mol. The van der Waals surface area contributed by atoms with Crippen molar-refractivity contribution in [1.82, 2.24) is 14.9 Å². The summed E-state index contributed by atoms with van der Waals surface area (Å²) in [5.74, 6) is 2.58. The highest BCUT2D eigenvalue weighted by atomic mass is 32.2. The molecule has 0 aliphatic carbocycles. The molecule has 0 saturated carbocycles. The van der Waals surface area contributed by atoms with Crippen LogP contribution in [0, 0.1) is 0 Å². The number of aromatic nitrogens is 2. The predicted molar refractivity (Wildman–Crippen MR) is 105 cm³/mol. The van der Waals surface area contributed by atoms with Gasteiger partial charge >= 0.3 is 0 Å². The Hall–Kier alpha value is -2.26. The van der Waals surface area contributed by atoms with Crippen LogP contribution in [0.5, 0.6) is 17.2 Å². The summed E-state index contributed by atoms with van der Waals surface area (Å²) in [7, 11) is -1.25. The smallest absolute Gasteiger partial charge is 0.164 e. The van der Waals surface area contributed by atoms with Crippen LogP contribution in [0.1, 0.15) is 12.8 Å². The summed E-state index contributed by atoms with van der Waals surface area (Å²) < 4.78 is 42.4. The first-order chi connectivity index (χ1) is 13.6. The summed E-state index contributed by atoms with van der Waals surface area (Å²) in [6.07, 6.45) is 5.08. The molecule has 4 rings (SSSR count). The minimum absolute atomic E-state index is 0.0320. The van der Waals surface area contributed by atoms with Crippen LogP contribution in [0.4, 0.5) is 0 Å². The Morgan fingerprint density at radius 3 is 2.79 bits per heavy atom. The summed E-state index contributed by atoms with van der Waals surface area (Å²) in [6, 6.07) is 3.82. The van der Waals surface area contributed by atoms with Gasteiger partial charge in [-0.05, 0) is 12.5 Å². The lowest BCUT2D eigenvalue weighted by molar-refractivity contribution is 0.296. The molecule has 1 fully saturated rings. The molecule has 3 heterocycles. The minimum Gasteiger partial charge on any atom is -0.496 e. The van der Waals surface area contributed by atoms with E-state index in [0.29, 0.717) is 50.0 Å². The van der Waals surface area contributed by atoms with E-state index in [4.69, 9.17) is 14.2 Å². The molecule has 1 aromatic heterocycles. The maximum atomic E-state index is 11.6. The average Bonchev–Trinajstić information content (AvgIpc) is 3.20. The van der Waals surface area contributed by atoms with E-state index < -0.39 is 9.84 Å². The number of nitrogens with zero attached hydrogens (tertiary/aromatic N) is 2. The van der Waals surface area contributed by atoms with Gasteiger partial charge < -0.3 is 24.1 Å². The number of sulfone groups is 1. The van der Waals surface area contributed by atoms with Gasteiger partial charge in [-0.2, -0.15) is 0 Å². The number of hydrogen-bond donors (Lipinski definition) is 1.